The lowest BCUT2D eigenvalue weighted by Gasteiger charge is -2.42. The van der Waals surface area contributed by atoms with Gasteiger partial charge in [0.15, 0.2) is 0 Å². The van der Waals surface area contributed by atoms with E-state index < -0.39 is 11.6 Å². The number of aliphatic hydroxyl groups is 1. The maximum absolute atomic E-state index is 13.5. The summed E-state index contributed by atoms with van der Waals surface area (Å²) >= 11 is 0. The summed E-state index contributed by atoms with van der Waals surface area (Å²) in [6, 6.07) is 8.77. The minimum Gasteiger partial charge on any atom is -0.512 e. The number of nitrogens with zero attached hydrogens (tertiary/aromatic N) is 4. The molecule has 1 fully saturated rings. The maximum Gasteiger partial charge on any atom is 0.338 e. The quantitative estimate of drug-likeness (QED) is 0.351. The number of cyclic esters (lactones) is 1. The van der Waals surface area contributed by atoms with Gasteiger partial charge in [0.25, 0.3) is 0 Å². The average Bonchev–Trinajstić information content (AvgIpc) is 3.56. The van der Waals surface area contributed by atoms with Crippen molar-refractivity contribution < 1.29 is 14.6 Å². The number of aromatic nitrogens is 3. The Morgan fingerprint density at radius 1 is 1.13 bits per heavy atom. The Kier molecular flexibility index (Phi) is 7.81. The molecule has 2 aliphatic rings. The van der Waals surface area contributed by atoms with E-state index in [0.717, 1.165) is 56.5 Å². The fourth-order valence-corrected chi connectivity index (χ4v) is 6.59. The third-order valence-electron chi connectivity index (χ3n) is 8.60. The van der Waals surface area contributed by atoms with E-state index >= 15 is 0 Å². The summed E-state index contributed by atoms with van der Waals surface area (Å²) in [5.74, 6) is 0.634. The standard InChI is InChI=1S/C32H42N4O3/c1-6-24-16-23(11-12-25(24)19-35(4)5)13-14-32(26-9-7-8-10-26)18-29(37)28(30(38)39-32)17-27-20-36-22(3)15-21(2)33-31(36)34-27/h11-12,15-16,20,26,37H,6-10,13-14,17-19H2,1-5H3. The van der Waals surface area contributed by atoms with Crippen LogP contribution in [0.4, 0.5) is 0 Å². The highest BCUT2D eigenvalue weighted by Crippen LogP contribution is 2.46. The number of carbonyl (C=O) groups excluding carboxylic acids is 1. The predicted molar refractivity (Wildman–Crippen MR) is 153 cm³/mol. The topological polar surface area (TPSA) is 80.0 Å². The Bertz CT molecular complexity index is 1400. The first kappa shape index (κ1) is 27.4. The van der Waals surface area contributed by atoms with Crippen LogP contribution in [0.3, 0.4) is 0 Å². The minimum absolute atomic E-state index is 0.159. The number of esters is 1. The largest absolute Gasteiger partial charge is 0.512 e. The normalized spacial score (nSPS) is 20.4. The molecule has 0 bridgehead atoms. The molecule has 5 rings (SSSR count). The monoisotopic (exact) mass is 530 g/mol. The predicted octanol–water partition coefficient (Wildman–Crippen LogP) is 5.83. The van der Waals surface area contributed by atoms with E-state index in [-0.39, 0.29) is 18.1 Å². The van der Waals surface area contributed by atoms with Gasteiger partial charge >= 0.3 is 5.97 Å². The Morgan fingerprint density at radius 3 is 2.59 bits per heavy atom. The van der Waals surface area contributed by atoms with Crippen molar-refractivity contribution >= 4 is 11.7 Å². The van der Waals surface area contributed by atoms with E-state index in [1.165, 1.54) is 16.7 Å². The molecule has 1 N–H and O–H groups in total. The van der Waals surface area contributed by atoms with E-state index in [1.807, 2.05) is 30.5 Å². The lowest BCUT2D eigenvalue weighted by molar-refractivity contribution is -0.167. The third kappa shape index (κ3) is 5.74. The first-order valence-corrected chi connectivity index (χ1v) is 14.4. The van der Waals surface area contributed by atoms with E-state index in [4.69, 9.17) is 4.74 Å². The molecule has 0 amide bonds. The molecule has 1 saturated carbocycles. The van der Waals surface area contributed by atoms with Crippen LogP contribution in [0.25, 0.3) is 5.78 Å². The summed E-state index contributed by atoms with van der Waals surface area (Å²) in [4.78, 5) is 24.8. The van der Waals surface area contributed by atoms with Gasteiger partial charge in [0, 0.05) is 37.0 Å². The van der Waals surface area contributed by atoms with E-state index in [2.05, 4.69) is 54.1 Å². The molecule has 0 spiro atoms. The van der Waals surface area contributed by atoms with Crippen LogP contribution >= 0.6 is 0 Å². The Balaban J connectivity index is 1.38. The first-order valence-electron chi connectivity index (χ1n) is 14.4. The van der Waals surface area contributed by atoms with Gasteiger partial charge in [-0.3, -0.25) is 4.40 Å². The fraction of sp³-hybridized carbons (Fsp3) is 0.531. The summed E-state index contributed by atoms with van der Waals surface area (Å²) in [5, 5.41) is 11.3. The molecule has 0 radical (unpaired) electrons. The van der Waals surface area contributed by atoms with Gasteiger partial charge < -0.3 is 14.7 Å². The molecule has 1 aliphatic heterocycles. The zero-order valence-electron chi connectivity index (χ0n) is 24.1. The van der Waals surface area contributed by atoms with Gasteiger partial charge in [-0.25, -0.2) is 14.8 Å². The van der Waals surface area contributed by atoms with Crippen molar-refractivity contribution in [2.24, 2.45) is 5.92 Å². The van der Waals surface area contributed by atoms with Crippen molar-refractivity contribution in [3.05, 3.63) is 75.6 Å². The number of benzene rings is 1. The fourth-order valence-electron chi connectivity index (χ4n) is 6.59. The van der Waals surface area contributed by atoms with Crippen LogP contribution in [-0.4, -0.2) is 50.0 Å². The number of aryl methyl sites for hydroxylation is 4. The summed E-state index contributed by atoms with van der Waals surface area (Å²) in [6.45, 7) is 7.08. The highest BCUT2D eigenvalue weighted by Gasteiger charge is 2.48. The van der Waals surface area contributed by atoms with Crippen molar-refractivity contribution in [2.75, 3.05) is 14.1 Å². The highest BCUT2D eigenvalue weighted by molar-refractivity contribution is 5.90. The number of imidazole rings is 1. The maximum atomic E-state index is 13.5. The molecule has 1 aromatic carbocycles. The van der Waals surface area contributed by atoms with Gasteiger partial charge in [-0.2, -0.15) is 0 Å². The summed E-state index contributed by atoms with van der Waals surface area (Å²) in [5.41, 5.74) is 6.28. The van der Waals surface area contributed by atoms with E-state index in [1.54, 1.807) is 0 Å². The van der Waals surface area contributed by atoms with Crippen LogP contribution in [0.1, 0.15) is 79.2 Å². The SMILES string of the molecule is CCc1cc(CCC2(C3CCCC3)CC(O)=C(Cc3cn4c(C)cc(C)nc4n3)C(=O)O2)ccc1CN(C)C. The highest BCUT2D eigenvalue weighted by atomic mass is 16.6. The van der Waals surface area contributed by atoms with Crippen molar-refractivity contribution in [1.29, 1.82) is 0 Å². The van der Waals surface area contributed by atoms with Gasteiger partial charge in [0.1, 0.15) is 11.4 Å². The van der Waals surface area contributed by atoms with Crippen LogP contribution in [-0.2, 0) is 35.3 Å². The molecule has 7 heteroatoms. The zero-order chi connectivity index (χ0) is 27.7. The Labute approximate surface area is 231 Å². The molecule has 1 aliphatic carbocycles. The van der Waals surface area contributed by atoms with Crippen LogP contribution < -0.4 is 0 Å². The number of fused-ring (bicyclic) bond motifs is 1. The van der Waals surface area contributed by atoms with Crippen LogP contribution in [0.15, 0.2) is 41.8 Å². The Morgan fingerprint density at radius 2 is 1.90 bits per heavy atom. The summed E-state index contributed by atoms with van der Waals surface area (Å²) in [6.07, 6.45) is 9.40. The Hall–Kier alpha value is -3.19. The number of rotatable bonds is 9. The van der Waals surface area contributed by atoms with Crippen LogP contribution in [0, 0.1) is 19.8 Å². The molecule has 3 aromatic rings. The molecule has 39 heavy (non-hydrogen) atoms. The molecule has 0 saturated heterocycles. The first-order chi connectivity index (χ1) is 18.7. The van der Waals surface area contributed by atoms with Gasteiger partial charge in [-0.1, -0.05) is 38.0 Å². The molecule has 208 valence electrons. The molecule has 1 atom stereocenters. The van der Waals surface area contributed by atoms with Gasteiger partial charge in [-0.15, -0.1) is 0 Å². The second kappa shape index (κ2) is 11.1. The van der Waals surface area contributed by atoms with Crippen molar-refractivity contribution in [3.8, 4) is 0 Å². The van der Waals surface area contributed by atoms with Gasteiger partial charge in [0.05, 0.1) is 11.3 Å². The number of carbonyl (C=O) groups is 1. The molecule has 1 unspecified atom stereocenters. The third-order valence-corrected chi connectivity index (χ3v) is 8.60. The zero-order valence-corrected chi connectivity index (χ0v) is 24.1. The second-order valence-electron chi connectivity index (χ2n) is 11.9. The van der Waals surface area contributed by atoms with Crippen molar-refractivity contribution in [2.45, 2.75) is 90.7 Å². The molecular formula is C32H42N4O3. The van der Waals surface area contributed by atoms with Gasteiger partial charge in [0.2, 0.25) is 5.78 Å². The van der Waals surface area contributed by atoms with E-state index in [9.17, 15) is 9.90 Å². The van der Waals surface area contributed by atoms with Crippen molar-refractivity contribution in [1.82, 2.24) is 19.3 Å². The minimum atomic E-state index is -0.663. The second-order valence-corrected chi connectivity index (χ2v) is 11.9. The molecule has 3 heterocycles. The summed E-state index contributed by atoms with van der Waals surface area (Å²) < 4.78 is 8.29. The van der Waals surface area contributed by atoms with E-state index in [0.29, 0.717) is 29.9 Å². The molecule has 2 aromatic heterocycles. The molecular weight excluding hydrogens is 488 g/mol. The number of aliphatic hydroxyl groups excluding tert-OH is 1. The average molecular weight is 531 g/mol. The number of hydrogen-bond donors (Lipinski definition) is 1. The van der Waals surface area contributed by atoms with Crippen molar-refractivity contribution in [3.63, 3.8) is 0 Å². The lowest BCUT2D eigenvalue weighted by Crippen LogP contribution is -2.46. The number of hydrogen-bond acceptors (Lipinski definition) is 6. The van der Waals surface area contributed by atoms with Gasteiger partial charge in [-0.05, 0) is 88.7 Å². The lowest BCUT2D eigenvalue weighted by atomic mass is 9.76. The van der Waals surface area contributed by atoms with Crippen LogP contribution in [0.5, 0.6) is 0 Å². The summed E-state index contributed by atoms with van der Waals surface area (Å²) in [7, 11) is 4.19. The van der Waals surface area contributed by atoms with Crippen LogP contribution in [0.2, 0.25) is 0 Å². The smallest absolute Gasteiger partial charge is 0.338 e. The number of ether oxygens (including phenoxy) is 1. The molecule has 7 nitrogen and oxygen atoms in total.